The summed E-state index contributed by atoms with van der Waals surface area (Å²) in [7, 11) is 0. The van der Waals surface area contributed by atoms with Crippen LogP contribution in [0.1, 0.15) is 18.7 Å². The van der Waals surface area contributed by atoms with Gasteiger partial charge < -0.3 is 20.1 Å². The molecular formula is C15H19N3O3. The molecule has 0 spiro atoms. The van der Waals surface area contributed by atoms with Crippen molar-refractivity contribution < 1.29 is 14.6 Å². The van der Waals surface area contributed by atoms with Crippen LogP contribution in [0, 0.1) is 0 Å². The van der Waals surface area contributed by atoms with Gasteiger partial charge in [-0.2, -0.15) is 0 Å². The molecule has 1 aromatic heterocycles. The van der Waals surface area contributed by atoms with E-state index in [1.807, 2.05) is 24.3 Å². The molecule has 0 unspecified atom stereocenters. The lowest BCUT2D eigenvalue weighted by atomic mass is 9.93. The van der Waals surface area contributed by atoms with Crippen LogP contribution in [0.2, 0.25) is 0 Å². The molecule has 2 aromatic rings. The summed E-state index contributed by atoms with van der Waals surface area (Å²) in [5.74, 6) is 0.511. The van der Waals surface area contributed by atoms with E-state index in [1.54, 1.807) is 0 Å². The Kier molecular flexibility index (Phi) is 3.90. The molecule has 112 valence electrons. The number of carbonyl (C=O) groups excluding carboxylic acids is 1. The molecular weight excluding hydrogens is 270 g/mol. The second-order valence-corrected chi connectivity index (χ2v) is 5.35. The number of aromatic amines is 1. The molecule has 1 saturated heterocycles. The average Bonchev–Trinajstić information content (AvgIpc) is 2.90. The Hall–Kier alpha value is -1.92. The highest BCUT2D eigenvalue weighted by molar-refractivity contribution is 5.85. The van der Waals surface area contributed by atoms with E-state index in [0.717, 1.165) is 16.9 Å². The second-order valence-electron chi connectivity index (χ2n) is 5.35. The summed E-state index contributed by atoms with van der Waals surface area (Å²) in [4.78, 5) is 19.7. The van der Waals surface area contributed by atoms with Crippen LogP contribution in [0.4, 0.5) is 0 Å². The summed E-state index contributed by atoms with van der Waals surface area (Å²) >= 11 is 0. The molecule has 6 nitrogen and oxygen atoms in total. The van der Waals surface area contributed by atoms with Crippen LogP contribution in [-0.2, 0) is 16.0 Å². The van der Waals surface area contributed by atoms with E-state index in [9.17, 15) is 9.90 Å². The first-order valence-corrected chi connectivity index (χ1v) is 7.19. The molecule has 0 radical (unpaired) electrons. The highest BCUT2D eigenvalue weighted by atomic mass is 16.5. The molecule has 1 aliphatic heterocycles. The van der Waals surface area contributed by atoms with Gasteiger partial charge in [0.1, 0.15) is 11.4 Å². The van der Waals surface area contributed by atoms with Crippen molar-refractivity contribution in [2.24, 2.45) is 0 Å². The van der Waals surface area contributed by atoms with Crippen LogP contribution in [0.5, 0.6) is 0 Å². The molecule has 21 heavy (non-hydrogen) atoms. The van der Waals surface area contributed by atoms with Crippen molar-refractivity contribution in [2.75, 3.05) is 19.8 Å². The van der Waals surface area contributed by atoms with Gasteiger partial charge in [-0.05, 0) is 12.1 Å². The van der Waals surface area contributed by atoms with Crippen LogP contribution in [0.15, 0.2) is 24.3 Å². The maximum atomic E-state index is 12.0. The molecule has 2 heterocycles. The summed E-state index contributed by atoms with van der Waals surface area (Å²) < 4.78 is 5.17. The van der Waals surface area contributed by atoms with Gasteiger partial charge in [0.25, 0.3) is 5.91 Å². The number of aliphatic hydroxyl groups is 1. The lowest BCUT2D eigenvalue weighted by Crippen LogP contribution is -2.50. The summed E-state index contributed by atoms with van der Waals surface area (Å²) in [6, 6.07) is 7.80. The Labute approximate surface area is 122 Å². The van der Waals surface area contributed by atoms with Gasteiger partial charge in [-0.1, -0.05) is 12.1 Å². The molecule has 1 amide bonds. The summed E-state index contributed by atoms with van der Waals surface area (Å²) in [6.45, 7) is 1.29. The third-order valence-electron chi connectivity index (χ3n) is 3.83. The average molecular weight is 289 g/mol. The molecule has 1 aromatic carbocycles. The van der Waals surface area contributed by atoms with Gasteiger partial charge in [-0.15, -0.1) is 0 Å². The number of aromatic nitrogens is 2. The van der Waals surface area contributed by atoms with Crippen molar-refractivity contribution in [1.82, 2.24) is 15.3 Å². The van der Waals surface area contributed by atoms with E-state index in [0.29, 0.717) is 39.0 Å². The van der Waals surface area contributed by atoms with Crippen molar-refractivity contribution in [2.45, 2.75) is 24.9 Å². The van der Waals surface area contributed by atoms with Crippen molar-refractivity contribution in [1.29, 1.82) is 0 Å². The van der Waals surface area contributed by atoms with Gasteiger partial charge in [-0.25, -0.2) is 4.98 Å². The number of benzene rings is 1. The predicted octanol–water partition coefficient (Wildman–Crippen LogP) is 0.763. The molecule has 0 aliphatic carbocycles. The third-order valence-corrected chi connectivity index (χ3v) is 3.83. The molecule has 3 rings (SSSR count). The van der Waals surface area contributed by atoms with Gasteiger partial charge in [0.15, 0.2) is 0 Å². The quantitative estimate of drug-likeness (QED) is 0.775. The van der Waals surface area contributed by atoms with Gasteiger partial charge in [0, 0.05) is 39.0 Å². The Morgan fingerprint density at radius 1 is 1.38 bits per heavy atom. The highest BCUT2D eigenvalue weighted by Gasteiger charge is 2.37. The minimum Gasteiger partial charge on any atom is -0.381 e. The Balaban J connectivity index is 1.54. The van der Waals surface area contributed by atoms with E-state index < -0.39 is 5.60 Å². The van der Waals surface area contributed by atoms with Crippen LogP contribution >= 0.6 is 0 Å². The lowest BCUT2D eigenvalue weighted by Gasteiger charge is -2.30. The number of nitrogens with zero attached hydrogens (tertiary/aromatic N) is 1. The van der Waals surface area contributed by atoms with Crippen LogP contribution in [0.25, 0.3) is 11.0 Å². The standard InChI is InChI=1S/C15H19N3O3/c19-14(15(20)6-9-21-10-7-15)16-8-5-13-17-11-3-1-2-4-12(11)18-13/h1-4,20H,5-10H2,(H,16,19)(H,17,18). The number of para-hydroxylation sites is 2. The molecule has 1 aliphatic rings. The summed E-state index contributed by atoms with van der Waals surface area (Å²) in [5.41, 5.74) is 0.621. The van der Waals surface area contributed by atoms with E-state index in [2.05, 4.69) is 15.3 Å². The predicted molar refractivity (Wildman–Crippen MR) is 77.8 cm³/mol. The van der Waals surface area contributed by atoms with Crippen molar-refractivity contribution in [3.05, 3.63) is 30.1 Å². The van der Waals surface area contributed by atoms with Crippen molar-refractivity contribution in [3.63, 3.8) is 0 Å². The number of carbonyl (C=O) groups is 1. The monoisotopic (exact) mass is 289 g/mol. The van der Waals surface area contributed by atoms with Gasteiger partial charge >= 0.3 is 0 Å². The van der Waals surface area contributed by atoms with Gasteiger partial charge in [-0.3, -0.25) is 4.79 Å². The van der Waals surface area contributed by atoms with Crippen LogP contribution < -0.4 is 5.32 Å². The molecule has 0 saturated carbocycles. The van der Waals surface area contributed by atoms with Crippen LogP contribution in [0.3, 0.4) is 0 Å². The van der Waals surface area contributed by atoms with Crippen LogP contribution in [-0.4, -0.2) is 46.3 Å². The smallest absolute Gasteiger partial charge is 0.252 e. The number of amides is 1. The Bertz CT molecular complexity index is 599. The number of H-pyrrole nitrogens is 1. The highest BCUT2D eigenvalue weighted by Crippen LogP contribution is 2.20. The second kappa shape index (κ2) is 5.83. The van der Waals surface area contributed by atoms with Crippen molar-refractivity contribution >= 4 is 16.9 Å². The molecule has 3 N–H and O–H groups in total. The SMILES string of the molecule is O=C(NCCc1nc2ccccc2[nH]1)C1(O)CCOCC1. The molecule has 0 atom stereocenters. The molecule has 1 fully saturated rings. The Morgan fingerprint density at radius 3 is 2.90 bits per heavy atom. The maximum absolute atomic E-state index is 12.0. The number of ether oxygens (including phenoxy) is 1. The third kappa shape index (κ3) is 3.06. The molecule has 0 bridgehead atoms. The number of fused-ring (bicyclic) bond motifs is 1. The fraction of sp³-hybridized carbons (Fsp3) is 0.467. The zero-order valence-corrected chi connectivity index (χ0v) is 11.8. The van der Waals surface area contributed by atoms with Gasteiger partial charge in [0.2, 0.25) is 0 Å². The van der Waals surface area contributed by atoms with E-state index in [4.69, 9.17) is 4.74 Å². The fourth-order valence-corrected chi connectivity index (χ4v) is 2.52. The van der Waals surface area contributed by atoms with Gasteiger partial charge in [0.05, 0.1) is 11.0 Å². The number of imidazole rings is 1. The minimum atomic E-state index is -1.29. The summed E-state index contributed by atoms with van der Waals surface area (Å²) in [5, 5.41) is 13.0. The van der Waals surface area contributed by atoms with E-state index in [-0.39, 0.29) is 5.91 Å². The molecule has 6 heteroatoms. The number of hydrogen-bond acceptors (Lipinski definition) is 4. The fourth-order valence-electron chi connectivity index (χ4n) is 2.52. The Morgan fingerprint density at radius 2 is 2.14 bits per heavy atom. The van der Waals surface area contributed by atoms with E-state index >= 15 is 0 Å². The largest absolute Gasteiger partial charge is 0.381 e. The number of rotatable bonds is 4. The normalized spacial score (nSPS) is 17.8. The number of nitrogens with one attached hydrogen (secondary N) is 2. The zero-order chi connectivity index (χ0) is 14.7. The van der Waals surface area contributed by atoms with Crippen molar-refractivity contribution in [3.8, 4) is 0 Å². The maximum Gasteiger partial charge on any atom is 0.252 e. The minimum absolute atomic E-state index is 0.318. The number of hydrogen-bond donors (Lipinski definition) is 3. The van der Waals surface area contributed by atoms with E-state index in [1.165, 1.54) is 0 Å². The summed E-state index contributed by atoms with van der Waals surface area (Å²) in [6.07, 6.45) is 1.31. The first kappa shape index (κ1) is 14.0. The first-order valence-electron chi connectivity index (χ1n) is 7.19. The lowest BCUT2D eigenvalue weighted by molar-refractivity contribution is -0.149. The zero-order valence-electron chi connectivity index (χ0n) is 11.8. The first-order chi connectivity index (χ1) is 10.2. The topological polar surface area (TPSA) is 87.2 Å².